The average molecular weight is 176 g/mol. The van der Waals surface area contributed by atoms with E-state index in [1.165, 1.54) is 12.1 Å². The highest BCUT2D eigenvalue weighted by atomic mass is 16.6. The molecule has 0 unspecified atom stereocenters. The fourth-order valence-electron chi connectivity index (χ4n) is 0.671. The van der Waals surface area contributed by atoms with Crippen LogP contribution in [0.25, 0.3) is 0 Å². The van der Waals surface area contributed by atoms with Crippen molar-refractivity contribution in [3.05, 3.63) is 34.1 Å². The summed E-state index contributed by atoms with van der Waals surface area (Å²) in [5.74, 6) is 4.56. The molecule has 1 aromatic heterocycles. The van der Waals surface area contributed by atoms with Crippen LogP contribution in [0.5, 0.6) is 0 Å². The number of pyridine rings is 1. The van der Waals surface area contributed by atoms with Gasteiger partial charge in [-0.3, -0.25) is 14.9 Å². The maximum Gasteiger partial charge on any atom is 0.287 e. The van der Waals surface area contributed by atoms with Crippen molar-refractivity contribution in [3.8, 4) is 11.8 Å². The Hall–Kier alpha value is -2.22. The maximum absolute atomic E-state index is 10.2. The second-order valence-electron chi connectivity index (χ2n) is 2.05. The molecule has 0 aliphatic carbocycles. The van der Waals surface area contributed by atoms with E-state index in [4.69, 9.17) is 0 Å². The predicted octanol–water partition coefficient (Wildman–Crippen LogP) is 0.540. The van der Waals surface area contributed by atoms with E-state index in [2.05, 4.69) is 16.8 Å². The lowest BCUT2D eigenvalue weighted by molar-refractivity contribution is -0.385. The molecule has 0 saturated heterocycles. The van der Waals surface area contributed by atoms with E-state index >= 15 is 0 Å². The highest BCUT2D eigenvalue weighted by molar-refractivity contribution is 5.73. The Bertz CT molecular complexity index is 386. The maximum atomic E-state index is 10.2. The van der Waals surface area contributed by atoms with Crippen LogP contribution in [0.2, 0.25) is 0 Å². The number of nitro groups is 1. The van der Waals surface area contributed by atoms with Gasteiger partial charge in [0.25, 0.3) is 5.69 Å². The number of rotatable bonds is 1. The van der Waals surface area contributed by atoms with Crippen LogP contribution in [0.1, 0.15) is 5.69 Å². The SMILES string of the molecule is O=CC#Cc1ccc([N+](=O)[O-])cn1. The van der Waals surface area contributed by atoms with Gasteiger partial charge in [0.05, 0.1) is 4.92 Å². The fraction of sp³-hybridized carbons (Fsp3) is 0. The van der Waals surface area contributed by atoms with E-state index in [0.717, 1.165) is 6.20 Å². The second kappa shape index (κ2) is 3.97. The number of aldehydes is 1. The molecule has 0 bridgehead atoms. The van der Waals surface area contributed by atoms with Crippen molar-refractivity contribution in [2.24, 2.45) is 0 Å². The van der Waals surface area contributed by atoms with Crippen LogP contribution in [0, 0.1) is 22.0 Å². The Morgan fingerprint density at radius 3 is 2.77 bits per heavy atom. The molecule has 5 nitrogen and oxygen atoms in total. The highest BCUT2D eigenvalue weighted by Crippen LogP contribution is 2.07. The third-order valence-corrected chi connectivity index (χ3v) is 1.22. The van der Waals surface area contributed by atoms with Crippen molar-refractivity contribution in [3.63, 3.8) is 0 Å². The molecular weight excluding hydrogens is 172 g/mol. The lowest BCUT2D eigenvalue weighted by atomic mass is 10.3. The molecule has 5 heteroatoms. The molecule has 13 heavy (non-hydrogen) atoms. The van der Waals surface area contributed by atoms with E-state index in [9.17, 15) is 14.9 Å². The molecule has 0 amide bonds. The van der Waals surface area contributed by atoms with Crippen LogP contribution in [-0.2, 0) is 4.79 Å². The van der Waals surface area contributed by atoms with Crippen molar-refractivity contribution in [2.75, 3.05) is 0 Å². The Kier molecular flexibility index (Phi) is 2.71. The summed E-state index contributed by atoms with van der Waals surface area (Å²) in [7, 11) is 0. The van der Waals surface area contributed by atoms with Gasteiger partial charge >= 0.3 is 0 Å². The largest absolute Gasteiger partial charge is 0.289 e. The Morgan fingerprint density at radius 1 is 1.54 bits per heavy atom. The quantitative estimate of drug-likeness (QED) is 0.271. The molecule has 0 aromatic carbocycles. The molecule has 1 rings (SSSR count). The first-order valence-corrected chi connectivity index (χ1v) is 3.29. The zero-order valence-corrected chi connectivity index (χ0v) is 6.43. The number of hydrogen-bond donors (Lipinski definition) is 0. The number of hydrogen-bond acceptors (Lipinski definition) is 4. The van der Waals surface area contributed by atoms with Crippen molar-refractivity contribution in [1.82, 2.24) is 4.98 Å². The average Bonchev–Trinajstić information content (AvgIpc) is 2.15. The standard InChI is InChI=1S/C8H4N2O3/c11-5-1-2-7-3-4-8(6-9-7)10(12)13/h3-6H. The van der Waals surface area contributed by atoms with E-state index in [1.807, 2.05) is 0 Å². The third-order valence-electron chi connectivity index (χ3n) is 1.22. The van der Waals surface area contributed by atoms with Crippen molar-refractivity contribution < 1.29 is 9.72 Å². The van der Waals surface area contributed by atoms with Crippen molar-refractivity contribution in [1.29, 1.82) is 0 Å². The summed E-state index contributed by atoms with van der Waals surface area (Å²) >= 11 is 0. The van der Waals surface area contributed by atoms with Gasteiger partial charge in [0.2, 0.25) is 0 Å². The van der Waals surface area contributed by atoms with Gasteiger partial charge in [-0.25, -0.2) is 4.98 Å². The molecule has 0 aliphatic heterocycles. The Labute approximate surface area is 73.6 Å². The molecule has 1 heterocycles. The summed E-state index contributed by atoms with van der Waals surface area (Å²) in [5.41, 5.74) is 0.231. The van der Waals surface area contributed by atoms with Crippen LogP contribution in [0.15, 0.2) is 18.3 Å². The summed E-state index contributed by atoms with van der Waals surface area (Å²) in [4.78, 5) is 23.2. The molecule has 0 aliphatic rings. The van der Waals surface area contributed by atoms with E-state index in [0.29, 0.717) is 12.0 Å². The minimum Gasteiger partial charge on any atom is -0.289 e. The van der Waals surface area contributed by atoms with Gasteiger partial charge in [0, 0.05) is 6.07 Å². The van der Waals surface area contributed by atoms with Gasteiger partial charge in [-0.2, -0.15) is 0 Å². The zero-order chi connectivity index (χ0) is 9.68. The summed E-state index contributed by atoms with van der Waals surface area (Å²) < 4.78 is 0. The molecule has 64 valence electrons. The molecule has 0 atom stereocenters. The number of carbonyl (C=O) groups excluding carboxylic acids is 1. The zero-order valence-electron chi connectivity index (χ0n) is 6.43. The first-order valence-electron chi connectivity index (χ1n) is 3.29. The van der Waals surface area contributed by atoms with Crippen molar-refractivity contribution >= 4 is 12.0 Å². The normalized spacial score (nSPS) is 8.31. The van der Waals surface area contributed by atoms with Crippen LogP contribution in [-0.4, -0.2) is 16.2 Å². The molecule has 0 spiro atoms. The molecule has 0 saturated carbocycles. The fourth-order valence-corrected chi connectivity index (χ4v) is 0.671. The summed E-state index contributed by atoms with van der Waals surface area (Å²) in [6, 6.07) is 2.66. The minimum atomic E-state index is -0.552. The third kappa shape index (κ3) is 2.38. The molecule has 1 aromatic rings. The first-order chi connectivity index (χ1) is 6.24. The van der Waals surface area contributed by atoms with Gasteiger partial charge in [-0.15, -0.1) is 0 Å². The highest BCUT2D eigenvalue weighted by Gasteiger charge is 2.03. The lowest BCUT2D eigenvalue weighted by Crippen LogP contribution is -1.89. The number of carbonyl (C=O) groups is 1. The van der Waals surface area contributed by atoms with Crippen LogP contribution >= 0.6 is 0 Å². The monoisotopic (exact) mass is 176 g/mol. The predicted molar refractivity (Wildman–Crippen MR) is 43.8 cm³/mol. The Morgan fingerprint density at radius 2 is 2.31 bits per heavy atom. The molecule has 0 radical (unpaired) electrons. The van der Waals surface area contributed by atoms with Crippen LogP contribution < -0.4 is 0 Å². The topological polar surface area (TPSA) is 73.1 Å². The number of aromatic nitrogens is 1. The van der Waals surface area contributed by atoms with Gasteiger partial charge in [-0.05, 0) is 17.9 Å². The minimum absolute atomic E-state index is 0.100. The van der Waals surface area contributed by atoms with E-state index in [-0.39, 0.29) is 5.69 Å². The van der Waals surface area contributed by atoms with Gasteiger partial charge < -0.3 is 0 Å². The van der Waals surface area contributed by atoms with E-state index < -0.39 is 4.92 Å². The Balaban J connectivity index is 2.93. The summed E-state index contributed by atoms with van der Waals surface area (Å²) in [6.45, 7) is 0. The van der Waals surface area contributed by atoms with Crippen LogP contribution in [0.3, 0.4) is 0 Å². The van der Waals surface area contributed by atoms with Crippen molar-refractivity contribution in [2.45, 2.75) is 0 Å². The van der Waals surface area contributed by atoms with Crippen LogP contribution in [0.4, 0.5) is 5.69 Å². The van der Waals surface area contributed by atoms with Gasteiger partial charge in [0.1, 0.15) is 11.9 Å². The first kappa shape index (κ1) is 8.87. The molecule has 0 fully saturated rings. The molecular formula is C8H4N2O3. The second-order valence-corrected chi connectivity index (χ2v) is 2.05. The molecule has 0 N–H and O–H groups in total. The lowest BCUT2D eigenvalue weighted by Gasteiger charge is -1.89. The smallest absolute Gasteiger partial charge is 0.287 e. The van der Waals surface area contributed by atoms with Gasteiger partial charge in [0.15, 0.2) is 6.29 Å². The summed E-state index contributed by atoms with van der Waals surface area (Å²) in [6.07, 6.45) is 1.53. The van der Waals surface area contributed by atoms with E-state index in [1.54, 1.807) is 0 Å². The summed E-state index contributed by atoms with van der Waals surface area (Å²) in [5, 5.41) is 10.2. The number of nitrogens with zero attached hydrogens (tertiary/aromatic N) is 2. The van der Waals surface area contributed by atoms with Gasteiger partial charge in [-0.1, -0.05) is 0 Å².